The summed E-state index contributed by atoms with van der Waals surface area (Å²) >= 11 is 0. The Morgan fingerprint density at radius 2 is 1.89 bits per heavy atom. The summed E-state index contributed by atoms with van der Waals surface area (Å²) in [5.41, 5.74) is 4.39. The molecule has 1 aliphatic carbocycles. The van der Waals surface area contributed by atoms with E-state index in [4.69, 9.17) is 5.10 Å². The number of para-hydroxylation sites is 1. The molecule has 1 fully saturated rings. The van der Waals surface area contributed by atoms with Gasteiger partial charge in [-0.2, -0.15) is 5.10 Å². The molecular formula is C23H34N4O. The van der Waals surface area contributed by atoms with Crippen LogP contribution in [0.25, 0.3) is 5.69 Å². The number of amides is 1. The first-order valence-electron chi connectivity index (χ1n) is 10.5. The molecule has 1 saturated carbocycles. The summed E-state index contributed by atoms with van der Waals surface area (Å²) in [7, 11) is 4.23. The number of nitrogens with zero attached hydrogens (tertiary/aromatic N) is 3. The number of carbonyl (C=O) groups excluding carboxylic acids is 1. The molecule has 1 aromatic carbocycles. The number of carbonyl (C=O) groups is 1. The third-order valence-electron chi connectivity index (χ3n) is 5.90. The van der Waals surface area contributed by atoms with Gasteiger partial charge in [-0.15, -0.1) is 0 Å². The molecule has 5 nitrogen and oxygen atoms in total. The van der Waals surface area contributed by atoms with Crippen molar-refractivity contribution in [2.75, 3.05) is 20.6 Å². The quantitative estimate of drug-likeness (QED) is 0.795. The van der Waals surface area contributed by atoms with Crippen LogP contribution in [0.4, 0.5) is 0 Å². The van der Waals surface area contributed by atoms with Crippen LogP contribution in [-0.4, -0.2) is 47.3 Å². The molecule has 0 aliphatic heterocycles. The van der Waals surface area contributed by atoms with Gasteiger partial charge in [0.1, 0.15) is 0 Å². The van der Waals surface area contributed by atoms with E-state index in [1.54, 1.807) is 0 Å². The highest BCUT2D eigenvalue weighted by atomic mass is 16.1. The van der Waals surface area contributed by atoms with E-state index in [2.05, 4.69) is 43.4 Å². The van der Waals surface area contributed by atoms with Crippen molar-refractivity contribution < 1.29 is 4.79 Å². The van der Waals surface area contributed by atoms with Crippen LogP contribution in [0.5, 0.6) is 0 Å². The molecule has 0 radical (unpaired) electrons. The van der Waals surface area contributed by atoms with Gasteiger partial charge in [-0.3, -0.25) is 4.79 Å². The summed E-state index contributed by atoms with van der Waals surface area (Å²) in [4.78, 5) is 14.9. The fraction of sp³-hybridized carbons (Fsp3) is 0.565. The molecule has 2 atom stereocenters. The van der Waals surface area contributed by atoms with Crippen molar-refractivity contribution in [3.63, 3.8) is 0 Å². The highest BCUT2D eigenvalue weighted by molar-refractivity contribution is 5.76. The minimum Gasteiger partial charge on any atom is -0.353 e. The molecule has 5 heteroatoms. The summed E-state index contributed by atoms with van der Waals surface area (Å²) in [5, 5.41) is 8.03. The number of hydrogen-bond acceptors (Lipinski definition) is 3. The van der Waals surface area contributed by atoms with Crippen LogP contribution in [0.15, 0.2) is 30.3 Å². The Balaban J connectivity index is 1.61. The predicted octanol–water partition coefficient (Wildman–Crippen LogP) is 3.66. The zero-order valence-corrected chi connectivity index (χ0v) is 17.7. The fourth-order valence-electron chi connectivity index (χ4n) is 4.46. The molecule has 1 aliphatic rings. The molecule has 152 valence electrons. The van der Waals surface area contributed by atoms with Gasteiger partial charge in [0.15, 0.2) is 0 Å². The molecule has 3 rings (SSSR count). The number of benzene rings is 1. The van der Waals surface area contributed by atoms with Gasteiger partial charge in [-0.05, 0) is 70.8 Å². The van der Waals surface area contributed by atoms with E-state index >= 15 is 0 Å². The number of rotatable bonds is 7. The number of aryl methyl sites for hydroxylation is 1. The maximum absolute atomic E-state index is 12.7. The van der Waals surface area contributed by atoms with Gasteiger partial charge in [-0.1, -0.05) is 31.0 Å². The van der Waals surface area contributed by atoms with E-state index in [-0.39, 0.29) is 5.91 Å². The normalized spacial score (nSPS) is 19.8. The second-order valence-corrected chi connectivity index (χ2v) is 8.38. The second kappa shape index (κ2) is 9.37. The first kappa shape index (κ1) is 20.6. The predicted molar refractivity (Wildman–Crippen MR) is 114 cm³/mol. The van der Waals surface area contributed by atoms with Gasteiger partial charge in [0.25, 0.3) is 0 Å². The zero-order valence-electron chi connectivity index (χ0n) is 17.7. The smallest absolute Gasteiger partial charge is 0.220 e. The first-order chi connectivity index (χ1) is 13.5. The molecule has 1 amide bonds. The summed E-state index contributed by atoms with van der Waals surface area (Å²) in [6, 6.07) is 10.5. The van der Waals surface area contributed by atoms with Gasteiger partial charge in [-0.25, -0.2) is 4.68 Å². The van der Waals surface area contributed by atoms with Crippen LogP contribution in [0.1, 0.15) is 49.1 Å². The Morgan fingerprint density at radius 3 is 2.61 bits per heavy atom. The van der Waals surface area contributed by atoms with Gasteiger partial charge in [0.2, 0.25) is 5.91 Å². The Labute approximate surface area is 169 Å². The molecule has 0 spiro atoms. The topological polar surface area (TPSA) is 50.2 Å². The SMILES string of the molecule is Cc1nn(-c2ccccc2)c(C)c1CCC(=O)NC1CCCCC1CN(C)C. The lowest BCUT2D eigenvalue weighted by Gasteiger charge is -2.34. The molecule has 0 saturated heterocycles. The Morgan fingerprint density at radius 1 is 1.18 bits per heavy atom. The summed E-state index contributed by atoms with van der Waals surface area (Å²) in [6.07, 6.45) is 6.08. The highest BCUT2D eigenvalue weighted by Gasteiger charge is 2.27. The molecule has 2 aromatic rings. The summed E-state index contributed by atoms with van der Waals surface area (Å²) in [5.74, 6) is 0.735. The van der Waals surface area contributed by atoms with Crippen molar-refractivity contribution in [3.8, 4) is 5.69 Å². The van der Waals surface area contributed by atoms with Crippen molar-refractivity contribution in [2.45, 2.75) is 58.4 Å². The maximum Gasteiger partial charge on any atom is 0.220 e. The largest absolute Gasteiger partial charge is 0.353 e. The van der Waals surface area contributed by atoms with Crippen molar-refractivity contribution in [2.24, 2.45) is 5.92 Å². The number of aromatic nitrogens is 2. The third kappa shape index (κ3) is 5.02. The van der Waals surface area contributed by atoms with Crippen LogP contribution in [0.3, 0.4) is 0 Å². The lowest BCUT2D eigenvalue weighted by Crippen LogP contribution is -2.45. The van der Waals surface area contributed by atoms with Crippen LogP contribution in [-0.2, 0) is 11.2 Å². The minimum absolute atomic E-state index is 0.168. The van der Waals surface area contributed by atoms with Crippen LogP contribution < -0.4 is 5.32 Å². The molecular weight excluding hydrogens is 348 g/mol. The van der Waals surface area contributed by atoms with E-state index in [0.29, 0.717) is 18.4 Å². The molecule has 0 bridgehead atoms. The van der Waals surface area contributed by atoms with E-state index in [9.17, 15) is 4.79 Å². The van der Waals surface area contributed by atoms with Crippen LogP contribution >= 0.6 is 0 Å². The molecule has 1 aromatic heterocycles. The molecule has 28 heavy (non-hydrogen) atoms. The standard InChI is InChI=1S/C23H34N4O/c1-17-21(18(2)27(25-17)20-11-6-5-7-12-20)14-15-23(28)24-22-13-9-8-10-19(22)16-26(3)4/h5-7,11-12,19,22H,8-10,13-16H2,1-4H3,(H,24,28). The van der Waals surface area contributed by atoms with Crippen molar-refractivity contribution in [3.05, 3.63) is 47.3 Å². The highest BCUT2D eigenvalue weighted by Crippen LogP contribution is 2.25. The summed E-state index contributed by atoms with van der Waals surface area (Å²) in [6.45, 7) is 5.18. The van der Waals surface area contributed by atoms with E-state index in [1.807, 2.05) is 29.8 Å². The third-order valence-corrected chi connectivity index (χ3v) is 5.90. The lowest BCUT2D eigenvalue weighted by atomic mass is 9.84. The Kier molecular flexibility index (Phi) is 6.89. The van der Waals surface area contributed by atoms with Gasteiger partial charge < -0.3 is 10.2 Å². The lowest BCUT2D eigenvalue weighted by molar-refractivity contribution is -0.122. The zero-order chi connectivity index (χ0) is 20.1. The van der Waals surface area contributed by atoms with Crippen molar-refractivity contribution in [1.29, 1.82) is 0 Å². The average Bonchev–Trinajstić information content (AvgIpc) is 2.96. The first-order valence-corrected chi connectivity index (χ1v) is 10.5. The molecule has 2 unspecified atom stereocenters. The number of hydrogen-bond donors (Lipinski definition) is 1. The van der Waals surface area contributed by atoms with Gasteiger partial charge in [0.05, 0.1) is 11.4 Å². The second-order valence-electron chi connectivity index (χ2n) is 8.38. The van der Waals surface area contributed by atoms with Gasteiger partial charge >= 0.3 is 0 Å². The van der Waals surface area contributed by atoms with Crippen molar-refractivity contribution in [1.82, 2.24) is 20.0 Å². The van der Waals surface area contributed by atoms with E-state index in [0.717, 1.165) is 36.5 Å². The van der Waals surface area contributed by atoms with Crippen LogP contribution in [0.2, 0.25) is 0 Å². The van der Waals surface area contributed by atoms with Crippen LogP contribution in [0, 0.1) is 19.8 Å². The molecule has 1 heterocycles. The number of nitrogens with one attached hydrogen (secondary N) is 1. The Bertz CT molecular complexity index is 781. The Hall–Kier alpha value is -2.14. The van der Waals surface area contributed by atoms with E-state index < -0.39 is 0 Å². The van der Waals surface area contributed by atoms with E-state index in [1.165, 1.54) is 24.8 Å². The van der Waals surface area contributed by atoms with Gasteiger partial charge in [0, 0.05) is 24.7 Å². The monoisotopic (exact) mass is 382 g/mol. The minimum atomic E-state index is 0.168. The van der Waals surface area contributed by atoms with Crippen molar-refractivity contribution >= 4 is 5.91 Å². The maximum atomic E-state index is 12.7. The fourth-order valence-corrected chi connectivity index (χ4v) is 4.46. The average molecular weight is 383 g/mol. The molecule has 1 N–H and O–H groups in total. The summed E-state index contributed by atoms with van der Waals surface area (Å²) < 4.78 is 1.98.